The number of esters is 1. The van der Waals surface area contributed by atoms with E-state index in [1.54, 1.807) is 6.07 Å². The van der Waals surface area contributed by atoms with Crippen LogP contribution in [-0.2, 0) is 17.3 Å². The maximum Gasteiger partial charge on any atom is 0.417 e. The summed E-state index contributed by atoms with van der Waals surface area (Å²) in [7, 11) is 0.993. The summed E-state index contributed by atoms with van der Waals surface area (Å²) < 4.78 is 43.1. The van der Waals surface area contributed by atoms with Gasteiger partial charge in [0.1, 0.15) is 0 Å². The first-order valence-corrected chi connectivity index (χ1v) is 5.07. The number of hydrogen-bond donors (Lipinski definition) is 0. The molecule has 0 atom stereocenters. The summed E-state index contributed by atoms with van der Waals surface area (Å²) in [6.07, 6.45) is -4.60. The van der Waals surface area contributed by atoms with Crippen molar-refractivity contribution in [3.05, 3.63) is 34.4 Å². The number of nitriles is 1. The first-order valence-electron chi connectivity index (χ1n) is 5.07. The number of halogens is 3. The molecule has 3 nitrogen and oxygen atoms in total. The Labute approximate surface area is 102 Å². The molecule has 0 saturated heterocycles. The molecule has 1 rings (SSSR count). The van der Waals surface area contributed by atoms with Gasteiger partial charge in [-0.15, -0.1) is 0 Å². The van der Waals surface area contributed by atoms with Gasteiger partial charge in [-0.25, -0.2) is 4.79 Å². The van der Waals surface area contributed by atoms with Crippen molar-refractivity contribution in [3.63, 3.8) is 0 Å². The molecule has 0 aliphatic carbocycles. The Morgan fingerprint density at radius 1 is 1.44 bits per heavy atom. The first kappa shape index (κ1) is 14.0. The fourth-order valence-electron chi connectivity index (χ4n) is 1.65. The van der Waals surface area contributed by atoms with Crippen LogP contribution in [0.15, 0.2) is 12.1 Å². The normalized spacial score (nSPS) is 10.9. The summed E-state index contributed by atoms with van der Waals surface area (Å²) in [5.41, 5.74) is -1.75. The molecule has 0 aromatic heterocycles. The topological polar surface area (TPSA) is 50.1 Å². The first-order chi connectivity index (χ1) is 8.35. The number of nitrogens with zero attached hydrogens (tertiary/aromatic N) is 1. The van der Waals surface area contributed by atoms with Crippen LogP contribution < -0.4 is 0 Å². The van der Waals surface area contributed by atoms with Crippen LogP contribution in [0.3, 0.4) is 0 Å². The van der Waals surface area contributed by atoms with Crippen molar-refractivity contribution in [2.75, 3.05) is 7.11 Å². The summed E-state index contributed by atoms with van der Waals surface area (Å²) in [6, 6.07) is 3.76. The average molecular weight is 257 g/mol. The molecule has 0 N–H and O–H groups in total. The van der Waals surface area contributed by atoms with E-state index < -0.39 is 23.3 Å². The summed E-state index contributed by atoms with van der Waals surface area (Å²) in [5, 5.41) is 8.75. The van der Waals surface area contributed by atoms with Crippen LogP contribution in [0.25, 0.3) is 0 Å². The van der Waals surface area contributed by atoms with E-state index in [4.69, 9.17) is 5.26 Å². The van der Waals surface area contributed by atoms with Crippen molar-refractivity contribution < 1.29 is 22.7 Å². The molecule has 0 amide bonds. The van der Waals surface area contributed by atoms with Crippen LogP contribution >= 0.6 is 0 Å². The standard InChI is InChI=1S/C12H10F3NO2/c1-3-8-4-7(6-16)5-9(11(17)18-2)10(8)12(13,14)15/h4-5H,3H2,1-2H3. The highest BCUT2D eigenvalue weighted by atomic mass is 19.4. The van der Waals surface area contributed by atoms with Gasteiger partial charge in [-0.2, -0.15) is 18.4 Å². The number of carbonyl (C=O) groups excluding carboxylic acids is 1. The van der Waals surface area contributed by atoms with E-state index in [9.17, 15) is 18.0 Å². The molecule has 0 spiro atoms. The van der Waals surface area contributed by atoms with Crippen LogP contribution in [0, 0.1) is 11.3 Å². The van der Waals surface area contributed by atoms with Gasteiger partial charge in [-0.1, -0.05) is 6.92 Å². The molecule has 0 radical (unpaired) electrons. The summed E-state index contributed by atoms with van der Waals surface area (Å²) in [5.74, 6) is -1.10. The van der Waals surface area contributed by atoms with Gasteiger partial charge in [-0.05, 0) is 24.1 Å². The van der Waals surface area contributed by atoms with Crippen LogP contribution in [0.4, 0.5) is 13.2 Å². The Morgan fingerprint density at radius 2 is 2.06 bits per heavy atom. The summed E-state index contributed by atoms with van der Waals surface area (Å²) in [6.45, 7) is 1.52. The number of benzene rings is 1. The van der Waals surface area contributed by atoms with Gasteiger partial charge in [0.05, 0.1) is 29.9 Å². The number of hydrogen-bond acceptors (Lipinski definition) is 3. The zero-order valence-corrected chi connectivity index (χ0v) is 9.76. The van der Waals surface area contributed by atoms with Crippen molar-refractivity contribution in [2.24, 2.45) is 0 Å². The minimum absolute atomic E-state index is 0.000231. The van der Waals surface area contributed by atoms with E-state index in [1.165, 1.54) is 6.92 Å². The zero-order chi connectivity index (χ0) is 13.9. The van der Waals surface area contributed by atoms with Gasteiger partial charge in [0.25, 0.3) is 0 Å². The molecule has 1 aromatic carbocycles. The third kappa shape index (κ3) is 2.62. The maximum atomic E-state index is 12.9. The minimum atomic E-state index is -4.66. The maximum absolute atomic E-state index is 12.9. The van der Waals surface area contributed by atoms with Crippen LogP contribution in [0.2, 0.25) is 0 Å². The van der Waals surface area contributed by atoms with E-state index >= 15 is 0 Å². The Kier molecular flexibility index (Phi) is 3.96. The molecule has 0 heterocycles. The summed E-state index contributed by atoms with van der Waals surface area (Å²) >= 11 is 0. The van der Waals surface area contributed by atoms with Gasteiger partial charge < -0.3 is 4.74 Å². The van der Waals surface area contributed by atoms with E-state index in [0.717, 1.165) is 19.2 Å². The number of rotatable bonds is 2. The fraction of sp³-hybridized carbons (Fsp3) is 0.333. The Hall–Kier alpha value is -2.03. The van der Waals surface area contributed by atoms with Gasteiger partial charge in [0, 0.05) is 0 Å². The van der Waals surface area contributed by atoms with Gasteiger partial charge in [-0.3, -0.25) is 0 Å². The monoisotopic (exact) mass is 257 g/mol. The molecule has 0 bridgehead atoms. The molecule has 96 valence electrons. The third-order valence-corrected chi connectivity index (χ3v) is 2.42. The lowest BCUT2D eigenvalue weighted by molar-refractivity contribution is -0.138. The second kappa shape index (κ2) is 5.08. The van der Waals surface area contributed by atoms with Crippen LogP contribution in [0.5, 0.6) is 0 Å². The highest BCUT2D eigenvalue weighted by molar-refractivity contribution is 5.92. The predicted octanol–water partition coefficient (Wildman–Crippen LogP) is 2.93. The lowest BCUT2D eigenvalue weighted by atomic mass is 9.96. The number of carbonyl (C=O) groups is 1. The molecule has 1 aromatic rings. The Bertz CT molecular complexity index is 515. The highest BCUT2D eigenvalue weighted by Gasteiger charge is 2.38. The van der Waals surface area contributed by atoms with Crippen molar-refractivity contribution in [1.29, 1.82) is 5.26 Å². The number of methoxy groups -OCH3 is 1. The molecule has 0 fully saturated rings. The van der Waals surface area contributed by atoms with Crippen molar-refractivity contribution in [1.82, 2.24) is 0 Å². The number of aryl methyl sites for hydroxylation is 1. The van der Waals surface area contributed by atoms with Crippen LogP contribution in [-0.4, -0.2) is 13.1 Å². The third-order valence-electron chi connectivity index (χ3n) is 2.42. The van der Waals surface area contributed by atoms with Crippen molar-refractivity contribution in [2.45, 2.75) is 19.5 Å². The Balaban J connectivity index is 3.64. The lowest BCUT2D eigenvalue weighted by Gasteiger charge is -2.16. The number of ether oxygens (including phenoxy) is 1. The zero-order valence-electron chi connectivity index (χ0n) is 9.76. The SMILES string of the molecule is CCc1cc(C#N)cc(C(=O)OC)c1C(F)(F)F. The van der Waals surface area contributed by atoms with Crippen LogP contribution in [0.1, 0.15) is 34.0 Å². The quantitative estimate of drug-likeness (QED) is 0.765. The molecular weight excluding hydrogens is 247 g/mol. The van der Waals surface area contributed by atoms with Gasteiger partial charge >= 0.3 is 12.1 Å². The van der Waals surface area contributed by atoms with E-state index in [1.807, 2.05) is 0 Å². The van der Waals surface area contributed by atoms with Crippen molar-refractivity contribution >= 4 is 5.97 Å². The molecular formula is C12H10F3NO2. The fourth-order valence-corrected chi connectivity index (χ4v) is 1.65. The van der Waals surface area contributed by atoms with E-state index in [2.05, 4.69) is 4.74 Å². The van der Waals surface area contributed by atoms with E-state index in [0.29, 0.717) is 0 Å². The molecule has 6 heteroatoms. The van der Waals surface area contributed by atoms with Gasteiger partial charge in [0.2, 0.25) is 0 Å². The van der Waals surface area contributed by atoms with Crippen molar-refractivity contribution in [3.8, 4) is 6.07 Å². The largest absolute Gasteiger partial charge is 0.465 e. The second-order valence-electron chi connectivity index (χ2n) is 3.51. The highest BCUT2D eigenvalue weighted by Crippen LogP contribution is 2.36. The molecule has 18 heavy (non-hydrogen) atoms. The molecule has 0 saturated carbocycles. The second-order valence-corrected chi connectivity index (χ2v) is 3.51. The number of alkyl halides is 3. The minimum Gasteiger partial charge on any atom is -0.465 e. The molecule has 0 aliphatic rings. The van der Waals surface area contributed by atoms with E-state index in [-0.39, 0.29) is 17.5 Å². The smallest absolute Gasteiger partial charge is 0.417 e. The molecule has 0 unspecified atom stereocenters. The average Bonchev–Trinajstić information content (AvgIpc) is 2.34. The Morgan fingerprint density at radius 3 is 2.44 bits per heavy atom. The van der Waals surface area contributed by atoms with Gasteiger partial charge in [0.15, 0.2) is 0 Å². The summed E-state index contributed by atoms with van der Waals surface area (Å²) in [4.78, 5) is 11.4. The molecule has 0 aliphatic heterocycles. The predicted molar refractivity (Wildman–Crippen MR) is 56.9 cm³/mol. The lowest BCUT2D eigenvalue weighted by Crippen LogP contribution is -2.17.